The van der Waals surface area contributed by atoms with Crippen molar-refractivity contribution in [3.63, 3.8) is 0 Å². The number of rotatable bonds is 4. The highest BCUT2D eigenvalue weighted by Gasteiger charge is 2.25. The van der Waals surface area contributed by atoms with Gasteiger partial charge >= 0.3 is 0 Å². The number of benzene rings is 2. The van der Waals surface area contributed by atoms with Crippen molar-refractivity contribution in [3.05, 3.63) is 90.7 Å². The second-order valence-electron chi connectivity index (χ2n) is 5.52. The molecule has 0 unspecified atom stereocenters. The van der Waals surface area contributed by atoms with Crippen molar-refractivity contribution in [2.24, 2.45) is 10.2 Å². The Balaban J connectivity index is 1.56. The number of hydrogen-bond acceptors (Lipinski definition) is 5. The first-order valence-corrected chi connectivity index (χ1v) is 7.92. The minimum absolute atomic E-state index is 0.383. The zero-order valence-corrected chi connectivity index (χ0v) is 13.5. The lowest BCUT2D eigenvalue weighted by Crippen LogP contribution is -2.37. The molecule has 0 fully saturated rings. The molecule has 5 nitrogen and oxygen atoms in total. The van der Waals surface area contributed by atoms with Crippen LogP contribution in [0.5, 0.6) is 11.5 Å². The number of ether oxygens (including phenoxy) is 1. The zero-order chi connectivity index (χ0) is 17.9. The van der Waals surface area contributed by atoms with Gasteiger partial charge in [-0.1, -0.05) is 18.2 Å². The molecule has 0 aromatic heterocycles. The van der Waals surface area contributed by atoms with Gasteiger partial charge in [-0.25, -0.2) is 13.8 Å². The van der Waals surface area contributed by atoms with Crippen LogP contribution in [-0.2, 0) is 0 Å². The van der Waals surface area contributed by atoms with Crippen molar-refractivity contribution in [1.29, 1.82) is 0 Å². The van der Waals surface area contributed by atoms with Crippen LogP contribution in [0.25, 0.3) is 0 Å². The third-order valence-corrected chi connectivity index (χ3v) is 3.77. The van der Waals surface area contributed by atoms with E-state index in [1.165, 1.54) is 11.2 Å². The van der Waals surface area contributed by atoms with E-state index in [0.717, 1.165) is 11.4 Å². The molecule has 0 bridgehead atoms. The predicted molar refractivity (Wildman–Crippen MR) is 93.4 cm³/mol. The lowest BCUT2D eigenvalue weighted by Gasteiger charge is -2.36. The summed E-state index contributed by atoms with van der Waals surface area (Å²) in [5.74, 6) is 1.88. The molecule has 2 aliphatic rings. The van der Waals surface area contributed by atoms with E-state index in [4.69, 9.17) is 4.74 Å². The molecule has 130 valence electrons. The number of azo groups is 1. The summed E-state index contributed by atoms with van der Waals surface area (Å²) in [4.78, 5) is 0. The average molecular weight is 352 g/mol. The normalized spacial score (nSPS) is 15.7. The number of hydrogen-bond donors (Lipinski definition) is 0. The maximum absolute atomic E-state index is 12.9. The van der Waals surface area contributed by atoms with Crippen LogP contribution in [0.1, 0.15) is 0 Å². The van der Waals surface area contributed by atoms with Gasteiger partial charge in [0.15, 0.2) is 5.82 Å². The van der Waals surface area contributed by atoms with Gasteiger partial charge in [0.1, 0.15) is 17.2 Å². The molecule has 0 N–H and O–H groups in total. The fourth-order valence-corrected chi connectivity index (χ4v) is 2.54. The number of halogens is 2. The first kappa shape index (κ1) is 16.0. The van der Waals surface area contributed by atoms with Crippen LogP contribution in [-0.4, -0.2) is 11.4 Å². The smallest absolute Gasteiger partial charge is 0.283 e. The highest BCUT2D eigenvalue weighted by Crippen LogP contribution is 2.31. The number of hydrazine groups is 1. The van der Waals surface area contributed by atoms with Crippen molar-refractivity contribution in [3.8, 4) is 11.5 Å². The number of alkyl halides is 2. The van der Waals surface area contributed by atoms with Gasteiger partial charge in [0.25, 0.3) is 6.43 Å². The lowest BCUT2D eigenvalue weighted by molar-refractivity contribution is 0.181. The number of para-hydroxylation sites is 1. The number of anilines is 1. The molecule has 2 aromatic rings. The minimum atomic E-state index is -2.69. The Morgan fingerprint density at radius 3 is 2.31 bits per heavy atom. The van der Waals surface area contributed by atoms with E-state index >= 15 is 0 Å². The summed E-state index contributed by atoms with van der Waals surface area (Å²) in [6.07, 6.45) is 3.83. The highest BCUT2D eigenvalue weighted by atomic mass is 19.3. The van der Waals surface area contributed by atoms with Gasteiger partial charge in [0.05, 0.1) is 11.9 Å². The third-order valence-electron chi connectivity index (χ3n) is 3.77. The van der Waals surface area contributed by atoms with Gasteiger partial charge in [-0.05, 0) is 48.6 Å². The van der Waals surface area contributed by atoms with Crippen molar-refractivity contribution in [2.75, 3.05) is 5.01 Å². The summed E-state index contributed by atoms with van der Waals surface area (Å²) in [5.41, 5.74) is 0.390. The SMILES string of the molecule is FC(F)C1=CN2C(=CC=CN2c2ccc(Oc3ccccc3)cc2)N=N1. The van der Waals surface area contributed by atoms with Crippen LogP contribution >= 0.6 is 0 Å². The van der Waals surface area contributed by atoms with E-state index in [9.17, 15) is 8.78 Å². The second kappa shape index (κ2) is 6.79. The largest absolute Gasteiger partial charge is 0.457 e. The van der Waals surface area contributed by atoms with Crippen molar-refractivity contribution in [1.82, 2.24) is 5.01 Å². The highest BCUT2D eigenvalue weighted by molar-refractivity contribution is 5.53. The molecule has 0 radical (unpaired) electrons. The van der Waals surface area contributed by atoms with E-state index in [1.807, 2.05) is 54.6 Å². The average Bonchev–Trinajstić information content (AvgIpc) is 2.68. The summed E-state index contributed by atoms with van der Waals surface area (Å²) in [7, 11) is 0. The van der Waals surface area contributed by atoms with Crippen LogP contribution in [0.3, 0.4) is 0 Å². The topological polar surface area (TPSA) is 40.4 Å². The number of fused-ring (bicyclic) bond motifs is 1. The molecule has 0 atom stereocenters. The minimum Gasteiger partial charge on any atom is -0.457 e. The maximum atomic E-state index is 12.9. The van der Waals surface area contributed by atoms with Crippen molar-refractivity contribution < 1.29 is 13.5 Å². The molecule has 4 rings (SSSR count). The van der Waals surface area contributed by atoms with Gasteiger partial charge < -0.3 is 4.74 Å². The Hall–Kier alpha value is -3.48. The lowest BCUT2D eigenvalue weighted by atomic mass is 10.2. The van der Waals surface area contributed by atoms with Gasteiger partial charge in [0.2, 0.25) is 0 Å². The molecule has 0 aliphatic carbocycles. The molecule has 7 heteroatoms. The first-order chi connectivity index (χ1) is 12.7. The van der Waals surface area contributed by atoms with E-state index in [2.05, 4.69) is 10.2 Å². The fourth-order valence-electron chi connectivity index (χ4n) is 2.54. The fraction of sp³-hybridized carbons (Fsp3) is 0.0526. The van der Waals surface area contributed by atoms with E-state index < -0.39 is 6.43 Å². The summed E-state index contributed by atoms with van der Waals surface area (Å²) < 4.78 is 31.7. The molecule has 0 spiro atoms. The van der Waals surface area contributed by atoms with Crippen LogP contribution in [0.4, 0.5) is 14.5 Å². The standard InChI is InChI=1S/C19H14F2N4O/c20-19(21)17-13-25-18(23-22-17)7-4-12-24(25)14-8-10-16(11-9-14)26-15-5-2-1-3-6-15/h1-13,19H. The zero-order valence-electron chi connectivity index (χ0n) is 13.5. The Morgan fingerprint density at radius 1 is 0.846 bits per heavy atom. The van der Waals surface area contributed by atoms with Crippen LogP contribution in [0.2, 0.25) is 0 Å². The molecule has 0 saturated heterocycles. The van der Waals surface area contributed by atoms with E-state index in [1.54, 1.807) is 23.4 Å². The number of nitrogens with zero attached hydrogens (tertiary/aromatic N) is 4. The molecular formula is C19H14F2N4O. The third kappa shape index (κ3) is 3.19. The van der Waals surface area contributed by atoms with Gasteiger partial charge in [-0.2, -0.15) is 0 Å². The van der Waals surface area contributed by atoms with Gasteiger partial charge in [-0.3, -0.25) is 5.01 Å². The summed E-state index contributed by atoms with van der Waals surface area (Å²) >= 11 is 0. The van der Waals surface area contributed by atoms with E-state index in [0.29, 0.717) is 11.6 Å². The Kier molecular flexibility index (Phi) is 4.18. The first-order valence-electron chi connectivity index (χ1n) is 7.92. The van der Waals surface area contributed by atoms with Crippen molar-refractivity contribution in [2.45, 2.75) is 6.43 Å². The number of allylic oxidation sites excluding steroid dienone is 3. The van der Waals surface area contributed by atoms with Crippen LogP contribution in [0.15, 0.2) is 101 Å². The maximum Gasteiger partial charge on any atom is 0.283 e. The van der Waals surface area contributed by atoms with Gasteiger partial charge in [0, 0.05) is 6.20 Å². The van der Waals surface area contributed by atoms with Gasteiger partial charge in [-0.15, -0.1) is 10.2 Å². The Bertz CT molecular complexity index is 905. The molecule has 26 heavy (non-hydrogen) atoms. The quantitative estimate of drug-likeness (QED) is 0.735. The van der Waals surface area contributed by atoms with Crippen LogP contribution < -0.4 is 9.75 Å². The van der Waals surface area contributed by atoms with E-state index in [-0.39, 0.29) is 5.70 Å². The molecule has 0 saturated carbocycles. The second-order valence-corrected chi connectivity index (χ2v) is 5.52. The summed E-state index contributed by atoms with van der Waals surface area (Å²) in [6.45, 7) is 0. The molecular weight excluding hydrogens is 338 g/mol. The Morgan fingerprint density at radius 2 is 1.58 bits per heavy atom. The Labute approximate surface area is 148 Å². The summed E-state index contributed by atoms with van der Waals surface area (Å²) in [5, 5.41) is 10.6. The molecule has 2 heterocycles. The predicted octanol–water partition coefficient (Wildman–Crippen LogP) is 5.44. The summed E-state index contributed by atoms with van der Waals surface area (Å²) in [6, 6.07) is 16.8. The molecule has 0 amide bonds. The van der Waals surface area contributed by atoms with Crippen molar-refractivity contribution >= 4 is 5.69 Å². The monoisotopic (exact) mass is 352 g/mol. The molecule has 2 aromatic carbocycles. The van der Waals surface area contributed by atoms with Crippen LogP contribution in [0, 0.1) is 0 Å². The molecule has 2 aliphatic heterocycles.